The molecule has 0 aliphatic carbocycles. The van der Waals surface area contributed by atoms with Crippen LogP contribution >= 0.6 is 15.9 Å². The highest BCUT2D eigenvalue weighted by Crippen LogP contribution is 2.23. The molecule has 0 radical (unpaired) electrons. The lowest BCUT2D eigenvalue weighted by Crippen LogP contribution is -2.22. The molecule has 0 aliphatic rings. The fourth-order valence-corrected chi connectivity index (χ4v) is 2.18. The van der Waals surface area contributed by atoms with Crippen LogP contribution < -0.4 is 5.69 Å². The normalized spacial score (nSPS) is 10.7. The van der Waals surface area contributed by atoms with Crippen molar-refractivity contribution < 1.29 is 0 Å². The Hall–Kier alpha value is -1.43. The Balaban J connectivity index is 2.65. The zero-order chi connectivity index (χ0) is 11.7. The molecule has 2 rings (SSSR count). The van der Waals surface area contributed by atoms with Crippen molar-refractivity contribution in [1.82, 2.24) is 19.8 Å². The Morgan fingerprint density at radius 1 is 1.38 bits per heavy atom. The minimum atomic E-state index is -0.256. The van der Waals surface area contributed by atoms with Gasteiger partial charge in [-0.2, -0.15) is 9.36 Å². The molecule has 0 amide bonds. The second kappa shape index (κ2) is 4.21. The molecule has 1 aromatic heterocycles. The van der Waals surface area contributed by atoms with Gasteiger partial charge in [0, 0.05) is 11.5 Å². The molecule has 0 aliphatic heterocycles. The van der Waals surface area contributed by atoms with Crippen LogP contribution in [0.3, 0.4) is 0 Å². The van der Waals surface area contributed by atoms with Crippen LogP contribution in [0, 0.1) is 0 Å². The maximum Gasteiger partial charge on any atom is 0.368 e. The lowest BCUT2D eigenvalue weighted by molar-refractivity contribution is 0.692. The van der Waals surface area contributed by atoms with Gasteiger partial charge in [-0.1, -0.05) is 19.1 Å². The number of tetrazole rings is 1. The van der Waals surface area contributed by atoms with Gasteiger partial charge < -0.3 is 0 Å². The van der Waals surface area contributed by atoms with Gasteiger partial charge in [0.15, 0.2) is 0 Å². The highest BCUT2D eigenvalue weighted by atomic mass is 79.9. The molecule has 0 bridgehead atoms. The molecule has 0 unspecified atom stereocenters. The van der Waals surface area contributed by atoms with E-state index in [-0.39, 0.29) is 5.69 Å². The Kier molecular flexibility index (Phi) is 2.91. The summed E-state index contributed by atoms with van der Waals surface area (Å²) >= 11 is 3.48. The van der Waals surface area contributed by atoms with E-state index in [1.54, 1.807) is 7.05 Å². The van der Waals surface area contributed by atoms with E-state index in [0.29, 0.717) is 0 Å². The summed E-state index contributed by atoms with van der Waals surface area (Å²) in [5, 5.41) is 7.49. The third-order valence-electron chi connectivity index (χ3n) is 2.39. The first-order valence-electron chi connectivity index (χ1n) is 4.92. The maximum absolute atomic E-state index is 11.7. The quantitative estimate of drug-likeness (QED) is 0.834. The second-order valence-electron chi connectivity index (χ2n) is 3.40. The third kappa shape index (κ3) is 1.69. The van der Waals surface area contributed by atoms with Gasteiger partial charge in [0.05, 0.1) is 5.69 Å². The van der Waals surface area contributed by atoms with E-state index in [1.165, 1.54) is 9.36 Å². The molecule has 84 valence electrons. The van der Waals surface area contributed by atoms with Gasteiger partial charge in [-0.05, 0) is 44.4 Å². The lowest BCUT2D eigenvalue weighted by atomic mass is 10.1. The van der Waals surface area contributed by atoms with Crippen LogP contribution in [-0.4, -0.2) is 19.8 Å². The zero-order valence-electron chi connectivity index (χ0n) is 9.01. The zero-order valence-corrected chi connectivity index (χ0v) is 10.6. The average molecular weight is 283 g/mol. The van der Waals surface area contributed by atoms with E-state index >= 15 is 0 Å². The van der Waals surface area contributed by atoms with Crippen LogP contribution in [0.15, 0.2) is 27.5 Å². The Bertz CT molecular complexity index is 572. The van der Waals surface area contributed by atoms with Gasteiger partial charge in [-0.25, -0.2) is 4.79 Å². The van der Waals surface area contributed by atoms with Crippen LogP contribution in [0.4, 0.5) is 0 Å². The molecule has 2 aromatic rings. The summed E-state index contributed by atoms with van der Waals surface area (Å²) in [4.78, 5) is 11.7. The van der Waals surface area contributed by atoms with Gasteiger partial charge in [0.2, 0.25) is 0 Å². The topological polar surface area (TPSA) is 52.7 Å². The summed E-state index contributed by atoms with van der Waals surface area (Å²) in [6.07, 6.45) is 0.892. The monoisotopic (exact) mass is 282 g/mol. The number of aryl methyl sites for hydroxylation is 2. The minimum Gasteiger partial charge on any atom is -0.244 e. The lowest BCUT2D eigenvalue weighted by Gasteiger charge is -2.06. The molecule has 1 heterocycles. The summed E-state index contributed by atoms with van der Waals surface area (Å²) in [5.41, 5.74) is 1.60. The van der Waals surface area contributed by atoms with E-state index in [4.69, 9.17) is 0 Å². The molecular weight excluding hydrogens is 272 g/mol. The first kappa shape index (κ1) is 11.1. The van der Waals surface area contributed by atoms with Crippen molar-refractivity contribution in [1.29, 1.82) is 0 Å². The smallest absolute Gasteiger partial charge is 0.244 e. The van der Waals surface area contributed by atoms with Gasteiger partial charge in [0.1, 0.15) is 0 Å². The van der Waals surface area contributed by atoms with E-state index < -0.39 is 0 Å². The largest absolute Gasteiger partial charge is 0.368 e. The van der Waals surface area contributed by atoms with Crippen molar-refractivity contribution in [2.24, 2.45) is 7.05 Å². The van der Waals surface area contributed by atoms with Gasteiger partial charge in [0.25, 0.3) is 0 Å². The van der Waals surface area contributed by atoms with Crippen LogP contribution in [0.1, 0.15) is 12.5 Å². The van der Waals surface area contributed by atoms with Crippen molar-refractivity contribution in [3.63, 3.8) is 0 Å². The van der Waals surface area contributed by atoms with Crippen LogP contribution in [0.2, 0.25) is 0 Å². The molecule has 5 nitrogen and oxygen atoms in total. The molecule has 0 spiro atoms. The van der Waals surface area contributed by atoms with Gasteiger partial charge >= 0.3 is 5.69 Å². The number of benzene rings is 1. The average Bonchev–Trinajstić information content (AvgIpc) is 2.61. The second-order valence-corrected chi connectivity index (χ2v) is 4.19. The van der Waals surface area contributed by atoms with E-state index in [2.05, 4.69) is 33.3 Å². The van der Waals surface area contributed by atoms with Crippen LogP contribution in [-0.2, 0) is 13.5 Å². The summed E-state index contributed by atoms with van der Waals surface area (Å²) in [7, 11) is 1.57. The molecule has 0 fully saturated rings. The molecule has 0 N–H and O–H groups in total. The highest BCUT2D eigenvalue weighted by molar-refractivity contribution is 9.10. The first-order chi connectivity index (χ1) is 7.65. The fourth-order valence-electron chi connectivity index (χ4n) is 1.47. The number of nitrogens with zero attached hydrogens (tertiary/aromatic N) is 4. The number of rotatable bonds is 2. The maximum atomic E-state index is 11.7. The number of hydrogen-bond donors (Lipinski definition) is 0. The van der Waals surface area contributed by atoms with Crippen LogP contribution in [0.25, 0.3) is 5.69 Å². The predicted molar refractivity (Wildman–Crippen MR) is 63.7 cm³/mol. The number of hydrogen-bond acceptors (Lipinski definition) is 3. The third-order valence-corrected chi connectivity index (χ3v) is 3.30. The molecular formula is C10H11BrN4O. The molecule has 0 saturated carbocycles. The number of aromatic nitrogens is 4. The fraction of sp³-hybridized carbons (Fsp3) is 0.300. The van der Waals surface area contributed by atoms with Crippen molar-refractivity contribution >= 4 is 15.9 Å². The van der Waals surface area contributed by atoms with Gasteiger partial charge in [-0.15, -0.1) is 0 Å². The Morgan fingerprint density at radius 2 is 2.12 bits per heavy atom. The van der Waals surface area contributed by atoms with Crippen molar-refractivity contribution in [3.8, 4) is 5.69 Å². The highest BCUT2D eigenvalue weighted by Gasteiger charge is 2.11. The molecule has 0 saturated heterocycles. The van der Waals surface area contributed by atoms with Crippen LogP contribution in [0.5, 0.6) is 0 Å². The molecule has 6 heteroatoms. The summed E-state index contributed by atoms with van der Waals surface area (Å²) in [5.74, 6) is 0. The SMILES string of the molecule is CCc1cccc(-n2nnn(C)c2=O)c1Br. The molecule has 16 heavy (non-hydrogen) atoms. The van der Waals surface area contributed by atoms with Crippen molar-refractivity contribution in [2.45, 2.75) is 13.3 Å². The Labute approximate surface area is 101 Å². The number of halogens is 1. The molecule has 0 atom stereocenters. The van der Waals surface area contributed by atoms with E-state index in [9.17, 15) is 4.79 Å². The van der Waals surface area contributed by atoms with Crippen molar-refractivity contribution in [2.75, 3.05) is 0 Å². The van der Waals surface area contributed by atoms with E-state index in [1.807, 2.05) is 18.2 Å². The Morgan fingerprint density at radius 3 is 2.69 bits per heavy atom. The standard InChI is InChI=1S/C10H11BrN4O/c1-3-7-5-4-6-8(9(7)11)15-10(16)14(2)12-13-15/h4-6H,3H2,1-2H3. The summed E-state index contributed by atoms with van der Waals surface area (Å²) < 4.78 is 3.37. The summed E-state index contributed by atoms with van der Waals surface area (Å²) in [6, 6.07) is 5.74. The summed E-state index contributed by atoms with van der Waals surface area (Å²) in [6.45, 7) is 2.06. The molecule has 1 aromatic carbocycles. The first-order valence-corrected chi connectivity index (χ1v) is 5.71. The predicted octanol–water partition coefficient (Wildman–Crippen LogP) is 1.29. The minimum absolute atomic E-state index is 0.256. The van der Waals surface area contributed by atoms with Gasteiger partial charge in [-0.3, -0.25) is 0 Å². The van der Waals surface area contributed by atoms with Crippen molar-refractivity contribution in [3.05, 3.63) is 38.7 Å². The van der Waals surface area contributed by atoms with E-state index in [0.717, 1.165) is 22.1 Å².